The Bertz CT molecular complexity index is 1130. The summed E-state index contributed by atoms with van der Waals surface area (Å²) in [6.45, 7) is 1.00. The van der Waals surface area contributed by atoms with Gasteiger partial charge in [0.1, 0.15) is 24.2 Å². The zero-order valence-corrected chi connectivity index (χ0v) is 17.0. The summed E-state index contributed by atoms with van der Waals surface area (Å²) < 4.78 is 26.3. The van der Waals surface area contributed by atoms with E-state index in [0.717, 1.165) is 10.2 Å². The molecule has 0 saturated carbocycles. The summed E-state index contributed by atoms with van der Waals surface area (Å²) in [6.07, 6.45) is -0.219. The molecule has 0 unspecified atom stereocenters. The summed E-state index contributed by atoms with van der Waals surface area (Å²) in [6, 6.07) is 16.8. The lowest BCUT2D eigenvalue weighted by Gasteiger charge is -2.33. The van der Waals surface area contributed by atoms with Crippen molar-refractivity contribution in [1.82, 2.24) is 14.7 Å². The second-order valence-corrected chi connectivity index (χ2v) is 7.17. The van der Waals surface area contributed by atoms with E-state index in [1.807, 2.05) is 30.3 Å². The Kier molecular flexibility index (Phi) is 6.08. The number of methoxy groups -OCH3 is 1. The van der Waals surface area contributed by atoms with Gasteiger partial charge in [-0.1, -0.05) is 30.3 Å². The normalized spacial score (nSPS) is 16.2. The summed E-state index contributed by atoms with van der Waals surface area (Å²) in [5.41, 5.74) is 1.04. The fourth-order valence-electron chi connectivity index (χ4n) is 3.51. The van der Waals surface area contributed by atoms with Crippen molar-refractivity contribution in [1.29, 1.82) is 0 Å². The van der Waals surface area contributed by atoms with Gasteiger partial charge in [0.25, 0.3) is 5.56 Å². The Morgan fingerprint density at radius 1 is 1.19 bits per heavy atom. The van der Waals surface area contributed by atoms with Crippen LogP contribution in [0.4, 0.5) is 4.39 Å². The number of halogens is 1. The molecule has 0 aliphatic carbocycles. The molecular weight excluding hydrogens is 401 g/mol. The van der Waals surface area contributed by atoms with Crippen LogP contribution in [-0.2, 0) is 16.1 Å². The molecule has 0 spiro atoms. The van der Waals surface area contributed by atoms with Gasteiger partial charge in [-0.05, 0) is 23.8 Å². The third-order valence-electron chi connectivity index (χ3n) is 5.19. The molecule has 7 nitrogen and oxygen atoms in total. The van der Waals surface area contributed by atoms with Crippen LogP contribution in [-0.4, -0.2) is 47.4 Å². The van der Waals surface area contributed by atoms with Gasteiger partial charge in [0.05, 0.1) is 26.0 Å². The first-order valence-electron chi connectivity index (χ1n) is 9.91. The van der Waals surface area contributed by atoms with E-state index < -0.39 is 11.4 Å². The van der Waals surface area contributed by atoms with Gasteiger partial charge in [0.2, 0.25) is 5.91 Å². The summed E-state index contributed by atoms with van der Waals surface area (Å²) >= 11 is 0. The van der Waals surface area contributed by atoms with E-state index in [4.69, 9.17) is 9.47 Å². The van der Waals surface area contributed by atoms with E-state index in [-0.39, 0.29) is 29.8 Å². The Balaban J connectivity index is 1.52. The molecule has 1 aliphatic rings. The van der Waals surface area contributed by atoms with Crippen LogP contribution >= 0.6 is 0 Å². The van der Waals surface area contributed by atoms with Gasteiger partial charge in [-0.25, -0.2) is 9.07 Å². The zero-order valence-electron chi connectivity index (χ0n) is 17.0. The number of hydrogen-bond donors (Lipinski definition) is 0. The van der Waals surface area contributed by atoms with Crippen molar-refractivity contribution in [3.05, 3.63) is 82.4 Å². The first-order chi connectivity index (χ1) is 15.0. The number of benzene rings is 2. The monoisotopic (exact) mass is 423 g/mol. The molecule has 1 aliphatic heterocycles. The molecule has 2 heterocycles. The molecule has 3 aromatic rings. The highest BCUT2D eigenvalue weighted by Gasteiger charge is 2.26. The molecule has 0 N–H and O–H groups in total. The number of ether oxygens (including phenoxy) is 2. The molecule has 4 rings (SSSR count). The van der Waals surface area contributed by atoms with Crippen LogP contribution in [0, 0.1) is 5.82 Å². The quantitative estimate of drug-likeness (QED) is 0.631. The highest BCUT2D eigenvalue weighted by molar-refractivity contribution is 5.76. The predicted molar refractivity (Wildman–Crippen MR) is 112 cm³/mol. The van der Waals surface area contributed by atoms with Crippen LogP contribution in [0.3, 0.4) is 0 Å². The summed E-state index contributed by atoms with van der Waals surface area (Å²) in [7, 11) is 1.45. The zero-order chi connectivity index (χ0) is 21.8. The second kappa shape index (κ2) is 9.09. The van der Waals surface area contributed by atoms with Crippen molar-refractivity contribution >= 4 is 5.91 Å². The first-order valence-corrected chi connectivity index (χ1v) is 9.91. The molecule has 0 radical (unpaired) electrons. The van der Waals surface area contributed by atoms with Gasteiger partial charge < -0.3 is 14.4 Å². The molecule has 160 valence electrons. The number of carbonyl (C=O) groups excluding carboxylic acids is 1. The standard InChI is InChI=1S/C23H22FN3O4/c1-30-17-7-8-18(19(24)13-17)20-9-10-22(28)27(25-20)15-23(29)26-11-12-31-21(14-26)16-5-3-2-4-6-16/h2-10,13,21H,11-12,14-15H2,1H3/t21-/m0/s1. The number of carbonyl (C=O) groups is 1. The van der Waals surface area contributed by atoms with Gasteiger partial charge >= 0.3 is 0 Å². The lowest BCUT2D eigenvalue weighted by Crippen LogP contribution is -2.44. The van der Waals surface area contributed by atoms with Crippen molar-refractivity contribution in [2.75, 3.05) is 26.8 Å². The Hall–Kier alpha value is -3.52. The molecule has 0 bridgehead atoms. The molecule has 1 aromatic heterocycles. The minimum atomic E-state index is -0.526. The molecule has 1 atom stereocenters. The van der Waals surface area contributed by atoms with Gasteiger partial charge in [0, 0.05) is 24.2 Å². The van der Waals surface area contributed by atoms with Crippen LogP contribution in [0.1, 0.15) is 11.7 Å². The van der Waals surface area contributed by atoms with E-state index in [1.165, 1.54) is 31.4 Å². The number of aromatic nitrogens is 2. The minimum absolute atomic E-state index is 0.219. The van der Waals surface area contributed by atoms with Crippen LogP contribution in [0.2, 0.25) is 0 Å². The van der Waals surface area contributed by atoms with Crippen LogP contribution < -0.4 is 10.3 Å². The van der Waals surface area contributed by atoms with Crippen molar-refractivity contribution < 1.29 is 18.7 Å². The van der Waals surface area contributed by atoms with Crippen molar-refractivity contribution in [2.24, 2.45) is 0 Å². The highest BCUT2D eigenvalue weighted by atomic mass is 19.1. The van der Waals surface area contributed by atoms with Crippen molar-refractivity contribution in [2.45, 2.75) is 12.6 Å². The number of morpholine rings is 1. The smallest absolute Gasteiger partial charge is 0.267 e. The summed E-state index contributed by atoms with van der Waals surface area (Å²) in [4.78, 5) is 26.8. The topological polar surface area (TPSA) is 73.7 Å². The lowest BCUT2D eigenvalue weighted by molar-refractivity contribution is -0.139. The summed E-state index contributed by atoms with van der Waals surface area (Å²) in [5, 5.41) is 4.22. The first kappa shape index (κ1) is 20.7. The fraction of sp³-hybridized carbons (Fsp3) is 0.261. The Labute approximate surface area is 178 Å². The molecule has 1 saturated heterocycles. The molecule has 1 fully saturated rings. The number of amides is 1. The number of rotatable bonds is 5. The lowest BCUT2D eigenvalue weighted by atomic mass is 10.1. The van der Waals surface area contributed by atoms with E-state index >= 15 is 0 Å². The predicted octanol–water partition coefficient (Wildman–Crippen LogP) is 2.66. The summed E-state index contributed by atoms with van der Waals surface area (Å²) in [5.74, 6) is -0.390. The molecule has 8 heteroatoms. The maximum Gasteiger partial charge on any atom is 0.267 e. The van der Waals surface area contributed by atoms with Crippen LogP contribution in [0.25, 0.3) is 11.3 Å². The van der Waals surface area contributed by atoms with Gasteiger partial charge in [-0.2, -0.15) is 5.10 Å². The van der Waals surface area contributed by atoms with Crippen LogP contribution in [0.15, 0.2) is 65.5 Å². The largest absolute Gasteiger partial charge is 0.497 e. The average Bonchev–Trinajstić information content (AvgIpc) is 2.81. The maximum atomic E-state index is 14.4. The maximum absolute atomic E-state index is 14.4. The molecule has 1 amide bonds. The van der Waals surface area contributed by atoms with Crippen molar-refractivity contribution in [3.8, 4) is 17.0 Å². The van der Waals surface area contributed by atoms with Gasteiger partial charge in [-0.15, -0.1) is 0 Å². The molecule has 31 heavy (non-hydrogen) atoms. The molecular formula is C23H22FN3O4. The van der Waals surface area contributed by atoms with Gasteiger partial charge in [-0.3, -0.25) is 9.59 Å². The van der Waals surface area contributed by atoms with E-state index in [9.17, 15) is 14.0 Å². The van der Waals surface area contributed by atoms with Gasteiger partial charge in [0.15, 0.2) is 0 Å². The number of nitrogens with zero attached hydrogens (tertiary/aromatic N) is 3. The van der Waals surface area contributed by atoms with Crippen LogP contribution in [0.5, 0.6) is 5.75 Å². The Morgan fingerprint density at radius 3 is 2.74 bits per heavy atom. The Morgan fingerprint density at radius 2 is 2.00 bits per heavy atom. The van der Waals surface area contributed by atoms with Crippen molar-refractivity contribution in [3.63, 3.8) is 0 Å². The number of hydrogen-bond acceptors (Lipinski definition) is 5. The SMILES string of the molecule is COc1ccc(-c2ccc(=O)n(CC(=O)N3CCO[C@H](c4ccccc4)C3)n2)c(F)c1. The average molecular weight is 423 g/mol. The third-order valence-corrected chi connectivity index (χ3v) is 5.19. The minimum Gasteiger partial charge on any atom is -0.497 e. The third kappa shape index (κ3) is 4.64. The molecule has 2 aromatic carbocycles. The van der Waals surface area contributed by atoms with E-state index in [0.29, 0.717) is 25.4 Å². The highest BCUT2D eigenvalue weighted by Crippen LogP contribution is 2.24. The fourth-order valence-corrected chi connectivity index (χ4v) is 3.51. The van der Waals surface area contributed by atoms with E-state index in [2.05, 4.69) is 5.10 Å². The van der Waals surface area contributed by atoms with E-state index in [1.54, 1.807) is 11.0 Å². The second-order valence-electron chi connectivity index (χ2n) is 7.17.